The average Bonchev–Trinajstić information content (AvgIpc) is 3.30. The number of carbonyl (C=O) groups excluding carboxylic acids is 1. The van der Waals surface area contributed by atoms with Gasteiger partial charge in [0.05, 0.1) is 11.6 Å². The molecule has 6 nitrogen and oxygen atoms in total. The fourth-order valence-electron chi connectivity index (χ4n) is 2.78. The van der Waals surface area contributed by atoms with Crippen LogP contribution in [0.4, 0.5) is 5.13 Å². The molecule has 0 atom stereocenters. The van der Waals surface area contributed by atoms with E-state index in [-0.39, 0.29) is 5.91 Å². The second kappa shape index (κ2) is 10.6. The van der Waals surface area contributed by atoms with Crippen molar-refractivity contribution in [1.82, 2.24) is 10.2 Å². The molecule has 158 valence electrons. The largest absolute Gasteiger partial charge is 0.489 e. The number of anilines is 1. The lowest BCUT2D eigenvalue weighted by atomic mass is 10.2. The standard InChI is InChI=1S/C24H18N4O2S2/c25-14-17-9-11-19(12-10-17)16-31-24-28-27-23(32-24)26-22(29)20-7-4-8-21(13-20)30-15-18-5-2-1-3-6-18/h1-13H,15-16H2,(H,26,27,29). The predicted molar refractivity (Wildman–Crippen MR) is 126 cm³/mol. The molecule has 0 spiro atoms. The van der Waals surface area contributed by atoms with Crippen molar-refractivity contribution in [3.05, 3.63) is 101 Å². The highest BCUT2D eigenvalue weighted by atomic mass is 32.2. The van der Waals surface area contributed by atoms with Crippen molar-refractivity contribution in [2.75, 3.05) is 5.32 Å². The lowest BCUT2D eigenvalue weighted by Gasteiger charge is -2.08. The Balaban J connectivity index is 1.32. The minimum Gasteiger partial charge on any atom is -0.489 e. The van der Waals surface area contributed by atoms with E-state index in [9.17, 15) is 4.79 Å². The number of nitriles is 1. The van der Waals surface area contributed by atoms with Crippen molar-refractivity contribution < 1.29 is 9.53 Å². The van der Waals surface area contributed by atoms with E-state index in [4.69, 9.17) is 10.00 Å². The number of rotatable bonds is 8. The van der Waals surface area contributed by atoms with Gasteiger partial charge < -0.3 is 4.74 Å². The summed E-state index contributed by atoms with van der Waals surface area (Å²) in [5.74, 6) is 1.06. The van der Waals surface area contributed by atoms with E-state index in [1.54, 1.807) is 30.3 Å². The fourth-order valence-corrected chi connectivity index (χ4v) is 4.48. The quantitative estimate of drug-likeness (QED) is 0.276. The van der Waals surface area contributed by atoms with E-state index >= 15 is 0 Å². The van der Waals surface area contributed by atoms with Crippen LogP contribution in [0, 0.1) is 11.3 Å². The number of nitrogens with zero attached hydrogens (tertiary/aromatic N) is 3. The van der Waals surface area contributed by atoms with E-state index in [1.807, 2.05) is 48.5 Å². The molecule has 0 fully saturated rings. The number of amides is 1. The lowest BCUT2D eigenvalue weighted by Crippen LogP contribution is -2.11. The maximum absolute atomic E-state index is 12.6. The number of ether oxygens (including phenoxy) is 1. The van der Waals surface area contributed by atoms with Gasteiger partial charge in [0.15, 0.2) is 4.34 Å². The highest BCUT2D eigenvalue weighted by molar-refractivity contribution is 8.00. The molecule has 1 N–H and O–H groups in total. The van der Waals surface area contributed by atoms with Crippen LogP contribution in [0.2, 0.25) is 0 Å². The zero-order chi connectivity index (χ0) is 22.2. The van der Waals surface area contributed by atoms with Gasteiger partial charge in [0, 0.05) is 11.3 Å². The van der Waals surface area contributed by atoms with Crippen molar-refractivity contribution in [1.29, 1.82) is 5.26 Å². The SMILES string of the molecule is N#Cc1ccc(CSc2nnc(NC(=O)c3cccc(OCc4ccccc4)c3)s2)cc1. The van der Waals surface area contributed by atoms with Crippen molar-refractivity contribution in [2.24, 2.45) is 0 Å². The van der Waals surface area contributed by atoms with Crippen LogP contribution in [0.1, 0.15) is 27.0 Å². The molecule has 4 aromatic rings. The Bertz CT molecular complexity index is 1230. The van der Waals surface area contributed by atoms with E-state index in [0.717, 1.165) is 15.5 Å². The third kappa shape index (κ3) is 5.94. The Hall–Kier alpha value is -3.67. The topological polar surface area (TPSA) is 87.9 Å². The first-order chi connectivity index (χ1) is 15.7. The highest BCUT2D eigenvalue weighted by Gasteiger charge is 2.12. The molecule has 1 aromatic heterocycles. The summed E-state index contributed by atoms with van der Waals surface area (Å²) < 4.78 is 6.55. The van der Waals surface area contributed by atoms with Gasteiger partial charge in [-0.25, -0.2) is 0 Å². The maximum atomic E-state index is 12.6. The van der Waals surface area contributed by atoms with Crippen molar-refractivity contribution in [2.45, 2.75) is 16.7 Å². The van der Waals surface area contributed by atoms with Crippen molar-refractivity contribution >= 4 is 34.1 Å². The highest BCUT2D eigenvalue weighted by Crippen LogP contribution is 2.28. The Morgan fingerprint density at radius 2 is 1.81 bits per heavy atom. The minimum atomic E-state index is -0.269. The minimum absolute atomic E-state index is 0.269. The van der Waals surface area contributed by atoms with Gasteiger partial charge in [0.25, 0.3) is 5.91 Å². The Labute approximate surface area is 193 Å². The smallest absolute Gasteiger partial charge is 0.257 e. The van der Waals surface area contributed by atoms with Crippen LogP contribution in [-0.4, -0.2) is 16.1 Å². The molecule has 0 unspecified atom stereocenters. The van der Waals surface area contributed by atoms with Gasteiger partial charge in [-0.05, 0) is 41.5 Å². The second-order valence-corrected chi connectivity index (χ2v) is 8.93. The van der Waals surface area contributed by atoms with Crippen LogP contribution in [0.3, 0.4) is 0 Å². The summed E-state index contributed by atoms with van der Waals surface area (Å²) in [6, 6.07) is 26.4. The van der Waals surface area contributed by atoms with Gasteiger partial charge in [0.2, 0.25) is 5.13 Å². The predicted octanol–water partition coefficient (Wildman–Crippen LogP) is 5.53. The van der Waals surface area contributed by atoms with Crippen LogP contribution in [0.15, 0.2) is 83.2 Å². The summed E-state index contributed by atoms with van der Waals surface area (Å²) in [6.45, 7) is 0.433. The van der Waals surface area contributed by atoms with Gasteiger partial charge in [-0.1, -0.05) is 71.6 Å². The number of aromatic nitrogens is 2. The van der Waals surface area contributed by atoms with Crippen LogP contribution >= 0.6 is 23.1 Å². The first-order valence-corrected chi connectivity index (χ1v) is 11.5. The van der Waals surface area contributed by atoms with Crippen molar-refractivity contribution in [3.8, 4) is 11.8 Å². The Kier molecular flexibility index (Phi) is 7.12. The molecule has 1 heterocycles. The van der Waals surface area contributed by atoms with Crippen LogP contribution in [0.25, 0.3) is 0 Å². The number of hydrogen-bond donors (Lipinski definition) is 1. The number of carbonyl (C=O) groups is 1. The molecule has 0 aliphatic heterocycles. The molecule has 0 saturated carbocycles. The van der Waals surface area contributed by atoms with Crippen LogP contribution in [-0.2, 0) is 12.4 Å². The molecular formula is C24H18N4O2S2. The molecule has 0 saturated heterocycles. The summed E-state index contributed by atoms with van der Waals surface area (Å²) in [5.41, 5.74) is 3.26. The number of benzene rings is 3. The number of thioether (sulfide) groups is 1. The molecule has 1 amide bonds. The molecule has 0 bridgehead atoms. The zero-order valence-electron chi connectivity index (χ0n) is 16.9. The van der Waals surface area contributed by atoms with Crippen LogP contribution in [0.5, 0.6) is 5.75 Å². The first kappa shape index (κ1) is 21.6. The summed E-state index contributed by atoms with van der Waals surface area (Å²) in [4.78, 5) is 12.6. The summed E-state index contributed by atoms with van der Waals surface area (Å²) in [7, 11) is 0. The van der Waals surface area contributed by atoms with Crippen LogP contribution < -0.4 is 10.1 Å². The van der Waals surface area contributed by atoms with E-state index in [2.05, 4.69) is 21.6 Å². The van der Waals surface area contributed by atoms with Gasteiger partial charge in [-0.2, -0.15) is 5.26 Å². The summed E-state index contributed by atoms with van der Waals surface area (Å²) >= 11 is 2.85. The second-order valence-electron chi connectivity index (χ2n) is 6.73. The molecule has 0 radical (unpaired) electrons. The van der Waals surface area contributed by atoms with Gasteiger partial charge >= 0.3 is 0 Å². The Morgan fingerprint density at radius 3 is 2.59 bits per heavy atom. The molecule has 32 heavy (non-hydrogen) atoms. The van der Waals surface area contributed by atoms with Crippen molar-refractivity contribution in [3.63, 3.8) is 0 Å². The monoisotopic (exact) mass is 458 g/mol. The van der Waals surface area contributed by atoms with Gasteiger partial charge in [0.1, 0.15) is 12.4 Å². The molecule has 3 aromatic carbocycles. The maximum Gasteiger partial charge on any atom is 0.257 e. The third-order valence-electron chi connectivity index (χ3n) is 4.42. The summed E-state index contributed by atoms with van der Waals surface area (Å²) in [6.07, 6.45) is 0. The molecule has 4 rings (SSSR count). The average molecular weight is 459 g/mol. The number of nitrogens with one attached hydrogen (secondary N) is 1. The molecule has 0 aliphatic rings. The molecule has 8 heteroatoms. The van der Waals surface area contributed by atoms with E-state index in [0.29, 0.717) is 34.4 Å². The zero-order valence-corrected chi connectivity index (χ0v) is 18.5. The normalized spacial score (nSPS) is 10.3. The van der Waals surface area contributed by atoms with E-state index < -0.39 is 0 Å². The lowest BCUT2D eigenvalue weighted by molar-refractivity contribution is 0.102. The Morgan fingerprint density at radius 1 is 1.00 bits per heavy atom. The first-order valence-electron chi connectivity index (χ1n) is 9.73. The summed E-state index contributed by atoms with van der Waals surface area (Å²) in [5, 5.41) is 20.3. The molecule has 0 aliphatic carbocycles. The van der Waals surface area contributed by atoms with Gasteiger partial charge in [-0.3, -0.25) is 10.1 Å². The van der Waals surface area contributed by atoms with Gasteiger partial charge in [-0.15, -0.1) is 10.2 Å². The number of hydrogen-bond acceptors (Lipinski definition) is 7. The third-order valence-corrected chi connectivity index (χ3v) is 6.46. The van der Waals surface area contributed by atoms with E-state index in [1.165, 1.54) is 23.1 Å². The molecular weight excluding hydrogens is 440 g/mol. The fraction of sp³-hybridized carbons (Fsp3) is 0.0833.